The average Bonchev–Trinajstić information content (AvgIpc) is 3.52. The van der Waals surface area contributed by atoms with Gasteiger partial charge in [0.2, 0.25) is 0 Å². The molecule has 3 aromatic carbocycles. The minimum atomic E-state index is -0.441. The van der Waals surface area contributed by atoms with E-state index in [1.165, 1.54) is 12.1 Å². The van der Waals surface area contributed by atoms with Gasteiger partial charge in [0.25, 0.3) is 11.6 Å². The normalized spacial score (nSPS) is 10.9. The van der Waals surface area contributed by atoms with Gasteiger partial charge in [0.1, 0.15) is 18.1 Å². The van der Waals surface area contributed by atoms with Crippen molar-refractivity contribution in [3.8, 4) is 5.75 Å². The zero-order valence-corrected chi connectivity index (χ0v) is 19.4. The number of nitrogens with zero attached hydrogens (tertiary/aromatic N) is 3. The number of hydrogen-bond acceptors (Lipinski definition) is 6. The van der Waals surface area contributed by atoms with E-state index in [9.17, 15) is 14.9 Å². The van der Waals surface area contributed by atoms with Crippen LogP contribution in [0.1, 0.15) is 27.4 Å². The zero-order chi connectivity index (χ0) is 25.1. The molecule has 0 aliphatic carbocycles. The van der Waals surface area contributed by atoms with Crippen molar-refractivity contribution in [1.29, 1.82) is 0 Å². The molecule has 0 saturated carbocycles. The quantitative estimate of drug-likeness (QED) is 0.223. The highest BCUT2D eigenvalue weighted by molar-refractivity contribution is 6.02. The van der Waals surface area contributed by atoms with Crippen LogP contribution < -0.4 is 10.1 Å². The first-order chi connectivity index (χ1) is 17.5. The Hall–Kier alpha value is -4.92. The molecule has 0 fully saturated rings. The second kappa shape index (κ2) is 9.75. The molecular formula is C27H22N4O5. The first-order valence-electron chi connectivity index (χ1n) is 11.2. The number of fused-ring (bicyclic) bond motifs is 1. The fourth-order valence-electron chi connectivity index (χ4n) is 3.97. The Balaban J connectivity index is 1.19. The van der Waals surface area contributed by atoms with Crippen LogP contribution in [0.4, 0.5) is 11.4 Å². The van der Waals surface area contributed by atoms with Crippen molar-refractivity contribution in [2.45, 2.75) is 20.1 Å². The van der Waals surface area contributed by atoms with Gasteiger partial charge >= 0.3 is 0 Å². The Kier molecular flexibility index (Phi) is 6.19. The molecule has 2 heterocycles. The third-order valence-corrected chi connectivity index (χ3v) is 5.73. The Morgan fingerprint density at radius 1 is 1.11 bits per heavy atom. The van der Waals surface area contributed by atoms with Crippen LogP contribution in [-0.2, 0) is 13.2 Å². The van der Waals surface area contributed by atoms with E-state index in [2.05, 4.69) is 34.7 Å². The third kappa shape index (κ3) is 4.95. The van der Waals surface area contributed by atoms with Crippen molar-refractivity contribution in [3.05, 3.63) is 118 Å². The highest BCUT2D eigenvalue weighted by atomic mass is 16.6. The van der Waals surface area contributed by atoms with Gasteiger partial charge in [-0.3, -0.25) is 19.6 Å². The van der Waals surface area contributed by atoms with Crippen LogP contribution in [-0.4, -0.2) is 20.6 Å². The number of anilines is 1. The van der Waals surface area contributed by atoms with Gasteiger partial charge in [-0.05, 0) is 47.5 Å². The van der Waals surface area contributed by atoms with Crippen LogP contribution in [0, 0.1) is 17.0 Å². The number of benzene rings is 3. The molecular weight excluding hydrogens is 460 g/mol. The molecule has 0 unspecified atom stereocenters. The van der Waals surface area contributed by atoms with Gasteiger partial charge in [-0.25, -0.2) is 0 Å². The van der Waals surface area contributed by atoms with Crippen LogP contribution in [0.3, 0.4) is 0 Å². The molecule has 0 bridgehead atoms. The van der Waals surface area contributed by atoms with Gasteiger partial charge < -0.3 is 14.5 Å². The van der Waals surface area contributed by atoms with Gasteiger partial charge in [-0.2, -0.15) is 5.10 Å². The standard InChI is InChI=1S/C27H22N4O5/c1-18-13-22(9-11-25(18)31(33)34)35-17-23-10-12-26(36-23)27(32)29-21-14-28-30(16-21)15-20-7-4-6-19-5-2-3-8-24(19)20/h2-14,16H,15,17H2,1H3,(H,29,32). The third-order valence-electron chi connectivity index (χ3n) is 5.73. The van der Waals surface area contributed by atoms with E-state index >= 15 is 0 Å². The Morgan fingerprint density at radius 2 is 1.94 bits per heavy atom. The highest BCUT2D eigenvalue weighted by Gasteiger charge is 2.14. The number of carbonyl (C=O) groups excluding carboxylic acids is 1. The van der Waals surface area contributed by atoms with Crippen LogP contribution in [0.5, 0.6) is 5.75 Å². The number of nitro benzene ring substituents is 1. The van der Waals surface area contributed by atoms with E-state index in [0.717, 1.165) is 16.3 Å². The zero-order valence-electron chi connectivity index (χ0n) is 19.4. The van der Waals surface area contributed by atoms with Crippen molar-refractivity contribution in [2.24, 2.45) is 0 Å². The summed E-state index contributed by atoms with van der Waals surface area (Å²) >= 11 is 0. The molecule has 1 N–H and O–H groups in total. The van der Waals surface area contributed by atoms with Gasteiger partial charge in [0.15, 0.2) is 5.76 Å². The number of carbonyl (C=O) groups is 1. The van der Waals surface area contributed by atoms with Gasteiger partial charge in [-0.1, -0.05) is 42.5 Å². The first kappa shape index (κ1) is 22.9. The van der Waals surface area contributed by atoms with Crippen molar-refractivity contribution in [3.63, 3.8) is 0 Å². The molecule has 0 spiro atoms. The molecule has 0 saturated heterocycles. The molecule has 5 rings (SSSR count). The molecule has 1 amide bonds. The van der Waals surface area contributed by atoms with Crippen molar-refractivity contribution >= 4 is 28.1 Å². The minimum Gasteiger partial charge on any atom is -0.486 e. The SMILES string of the molecule is Cc1cc(OCc2ccc(C(=O)Nc3cnn(Cc4cccc5ccccc45)c3)o2)ccc1[N+](=O)[O-]. The summed E-state index contributed by atoms with van der Waals surface area (Å²) in [6.45, 7) is 2.29. The minimum absolute atomic E-state index is 0.0275. The van der Waals surface area contributed by atoms with Crippen LogP contribution in [0.2, 0.25) is 0 Å². The van der Waals surface area contributed by atoms with Crippen LogP contribution in [0.25, 0.3) is 10.8 Å². The number of aryl methyl sites for hydroxylation is 1. The summed E-state index contributed by atoms with van der Waals surface area (Å²) in [5, 5.41) is 20.4. The largest absolute Gasteiger partial charge is 0.486 e. The number of nitro groups is 1. The second-order valence-corrected chi connectivity index (χ2v) is 8.28. The number of ether oxygens (including phenoxy) is 1. The summed E-state index contributed by atoms with van der Waals surface area (Å²) in [6.07, 6.45) is 3.36. The summed E-state index contributed by atoms with van der Waals surface area (Å²) in [4.78, 5) is 23.2. The average molecular weight is 482 g/mol. The molecule has 0 atom stereocenters. The lowest BCUT2D eigenvalue weighted by Gasteiger charge is -2.06. The monoisotopic (exact) mass is 482 g/mol. The number of hydrogen-bond donors (Lipinski definition) is 1. The molecule has 180 valence electrons. The number of nitrogens with one attached hydrogen (secondary N) is 1. The number of furan rings is 1. The number of amides is 1. The van der Waals surface area contributed by atoms with Crippen LogP contribution in [0.15, 0.2) is 89.6 Å². The number of rotatable bonds is 8. The highest BCUT2D eigenvalue weighted by Crippen LogP contribution is 2.24. The lowest BCUT2D eigenvalue weighted by atomic mass is 10.0. The summed E-state index contributed by atoms with van der Waals surface area (Å²) in [7, 11) is 0. The Bertz CT molecular complexity index is 1560. The van der Waals surface area contributed by atoms with E-state index in [1.807, 2.05) is 18.2 Å². The molecule has 0 aliphatic heterocycles. The van der Waals surface area contributed by atoms with Gasteiger partial charge in [0, 0.05) is 17.8 Å². The summed E-state index contributed by atoms with van der Waals surface area (Å²) < 4.78 is 13.0. The van der Waals surface area contributed by atoms with Crippen molar-refractivity contribution in [2.75, 3.05) is 5.32 Å². The molecule has 0 radical (unpaired) electrons. The lowest BCUT2D eigenvalue weighted by Crippen LogP contribution is -2.10. The summed E-state index contributed by atoms with van der Waals surface area (Å²) in [5.74, 6) is 0.648. The van der Waals surface area contributed by atoms with E-state index in [-0.39, 0.29) is 18.1 Å². The fourth-order valence-corrected chi connectivity index (χ4v) is 3.97. The fraction of sp³-hybridized carbons (Fsp3) is 0.111. The Morgan fingerprint density at radius 3 is 2.78 bits per heavy atom. The van der Waals surface area contributed by atoms with E-state index in [1.54, 1.807) is 42.2 Å². The van der Waals surface area contributed by atoms with Crippen molar-refractivity contribution < 1.29 is 18.9 Å². The molecule has 2 aromatic heterocycles. The summed E-state index contributed by atoms with van der Waals surface area (Å²) in [5.41, 5.74) is 2.21. The van der Waals surface area contributed by atoms with Crippen molar-refractivity contribution in [1.82, 2.24) is 9.78 Å². The maximum Gasteiger partial charge on any atom is 0.291 e. The van der Waals surface area contributed by atoms with E-state index in [4.69, 9.17) is 9.15 Å². The van der Waals surface area contributed by atoms with E-state index < -0.39 is 10.8 Å². The summed E-state index contributed by atoms with van der Waals surface area (Å²) in [6, 6.07) is 22.1. The molecule has 36 heavy (non-hydrogen) atoms. The number of aromatic nitrogens is 2. The Labute approximate surface area is 206 Å². The predicted octanol–water partition coefficient (Wildman–Crippen LogP) is 5.73. The van der Waals surface area contributed by atoms with Gasteiger partial charge in [-0.15, -0.1) is 0 Å². The molecule has 0 aliphatic rings. The lowest BCUT2D eigenvalue weighted by molar-refractivity contribution is -0.385. The predicted molar refractivity (Wildman–Crippen MR) is 134 cm³/mol. The second-order valence-electron chi connectivity index (χ2n) is 8.28. The smallest absolute Gasteiger partial charge is 0.291 e. The maximum atomic E-state index is 12.6. The molecule has 9 nitrogen and oxygen atoms in total. The topological polar surface area (TPSA) is 112 Å². The van der Waals surface area contributed by atoms with E-state index in [0.29, 0.717) is 29.3 Å². The molecule has 5 aromatic rings. The van der Waals surface area contributed by atoms with Crippen LogP contribution >= 0.6 is 0 Å². The first-order valence-corrected chi connectivity index (χ1v) is 11.2. The molecule has 9 heteroatoms. The van der Waals surface area contributed by atoms with Gasteiger partial charge in [0.05, 0.1) is 23.4 Å². The maximum absolute atomic E-state index is 12.6.